The first-order chi connectivity index (χ1) is 14.7. The van der Waals surface area contributed by atoms with E-state index in [4.69, 9.17) is 4.42 Å². The van der Waals surface area contributed by atoms with Crippen LogP contribution in [0, 0.1) is 0 Å². The van der Waals surface area contributed by atoms with E-state index in [1.54, 1.807) is 60.7 Å². The number of anilines is 1. The van der Waals surface area contributed by atoms with E-state index in [0.717, 1.165) is 0 Å². The van der Waals surface area contributed by atoms with Crippen LogP contribution >= 0.6 is 0 Å². The number of hydrogen-bond donors (Lipinski definition) is 3. The first kappa shape index (κ1) is 21.8. The van der Waals surface area contributed by atoms with Gasteiger partial charge in [0, 0.05) is 16.7 Å². The van der Waals surface area contributed by atoms with Crippen LogP contribution in [0.4, 0.5) is 5.69 Å². The summed E-state index contributed by atoms with van der Waals surface area (Å²) in [6, 6.07) is 16.6. The van der Waals surface area contributed by atoms with Gasteiger partial charge in [0.1, 0.15) is 5.76 Å². The van der Waals surface area contributed by atoms with E-state index in [9.17, 15) is 14.4 Å². The maximum atomic E-state index is 12.7. The van der Waals surface area contributed by atoms with Gasteiger partial charge in [0.15, 0.2) is 0 Å². The molecule has 0 radical (unpaired) electrons. The van der Waals surface area contributed by atoms with Crippen molar-refractivity contribution in [2.24, 2.45) is 0 Å². The molecular formula is C24H25N3O4. The number of rotatable bonds is 6. The molecule has 0 saturated carbocycles. The van der Waals surface area contributed by atoms with Gasteiger partial charge in [-0.05, 0) is 69.3 Å². The number of carbonyl (C=O) groups excluding carboxylic acids is 3. The smallest absolute Gasteiger partial charge is 0.255 e. The highest BCUT2D eigenvalue weighted by atomic mass is 16.3. The fraction of sp³-hybridized carbons (Fsp3) is 0.208. The average molecular weight is 419 g/mol. The van der Waals surface area contributed by atoms with Gasteiger partial charge in [-0.15, -0.1) is 0 Å². The Morgan fingerprint density at radius 1 is 0.806 bits per heavy atom. The van der Waals surface area contributed by atoms with Crippen molar-refractivity contribution < 1.29 is 18.8 Å². The Labute approximate surface area is 180 Å². The van der Waals surface area contributed by atoms with Crippen LogP contribution in [0.5, 0.6) is 0 Å². The summed E-state index contributed by atoms with van der Waals surface area (Å²) in [5, 5.41) is 8.40. The molecule has 0 bridgehead atoms. The van der Waals surface area contributed by atoms with E-state index >= 15 is 0 Å². The number of carbonyl (C=O) groups is 3. The second-order valence-corrected chi connectivity index (χ2v) is 8.04. The predicted octanol–water partition coefficient (Wildman–Crippen LogP) is 3.99. The normalized spacial score (nSPS) is 10.9. The number of para-hydroxylation sites is 1. The fourth-order valence-corrected chi connectivity index (χ4v) is 2.85. The standard InChI is InChI=1S/C24H25N3O4/c1-24(2,3)27-22(29)17-12-10-16(11-13-17)21(28)26-20-9-5-4-8-19(20)23(30)25-15-18-7-6-14-31-18/h4-14H,15H2,1-3H3,(H,25,30)(H,26,28)(H,27,29). The maximum Gasteiger partial charge on any atom is 0.255 e. The van der Waals surface area contributed by atoms with Gasteiger partial charge >= 0.3 is 0 Å². The Bertz CT molecular complexity index is 1060. The molecule has 0 spiro atoms. The van der Waals surface area contributed by atoms with Crippen molar-refractivity contribution in [2.75, 3.05) is 5.32 Å². The molecular weight excluding hydrogens is 394 g/mol. The molecule has 0 aliphatic carbocycles. The summed E-state index contributed by atoms with van der Waals surface area (Å²) in [5.41, 5.74) is 1.21. The van der Waals surface area contributed by atoms with Crippen molar-refractivity contribution in [3.8, 4) is 0 Å². The van der Waals surface area contributed by atoms with E-state index < -0.39 is 0 Å². The number of amides is 3. The van der Waals surface area contributed by atoms with E-state index in [1.807, 2.05) is 20.8 Å². The van der Waals surface area contributed by atoms with Crippen molar-refractivity contribution in [1.29, 1.82) is 0 Å². The quantitative estimate of drug-likeness (QED) is 0.562. The zero-order valence-corrected chi connectivity index (χ0v) is 17.7. The Morgan fingerprint density at radius 3 is 2.06 bits per heavy atom. The van der Waals surface area contributed by atoms with Crippen molar-refractivity contribution in [3.63, 3.8) is 0 Å². The molecule has 7 heteroatoms. The first-order valence-corrected chi connectivity index (χ1v) is 9.86. The Morgan fingerprint density at radius 2 is 1.45 bits per heavy atom. The van der Waals surface area contributed by atoms with Gasteiger partial charge in [-0.25, -0.2) is 0 Å². The van der Waals surface area contributed by atoms with E-state index in [0.29, 0.717) is 28.1 Å². The van der Waals surface area contributed by atoms with Crippen molar-refractivity contribution >= 4 is 23.4 Å². The van der Waals surface area contributed by atoms with Crippen LogP contribution in [0.3, 0.4) is 0 Å². The van der Waals surface area contributed by atoms with Gasteiger partial charge in [0.05, 0.1) is 24.1 Å². The van der Waals surface area contributed by atoms with Gasteiger partial charge in [0.2, 0.25) is 0 Å². The molecule has 3 amide bonds. The Hall–Kier alpha value is -3.87. The molecule has 0 atom stereocenters. The van der Waals surface area contributed by atoms with Crippen LogP contribution in [-0.2, 0) is 6.54 Å². The van der Waals surface area contributed by atoms with E-state index in [2.05, 4.69) is 16.0 Å². The highest BCUT2D eigenvalue weighted by Crippen LogP contribution is 2.17. The van der Waals surface area contributed by atoms with Gasteiger partial charge in [-0.1, -0.05) is 12.1 Å². The second kappa shape index (κ2) is 9.30. The highest BCUT2D eigenvalue weighted by molar-refractivity contribution is 6.09. The van der Waals surface area contributed by atoms with Gasteiger partial charge in [-0.3, -0.25) is 14.4 Å². The van der Waals surface area contributed by atoms with Crippen LogP contribution in [0.1, 0.15) is 57.6 Å². The Balaban J connectivity index is 1.68. The highest BCUT2D eigenvalue weighted by Gasteiger charge is 2.17. The van der Waals surface area contributed by atoms with Crippen molar-refractivity contribution in [2.45, 2.75) is 32.9 Å². The van der Waals surface area contributed by atoms with Gasteiger partial charge in [-0.2, -0.15) is 0 Å². The van der Waals surface area contributed by atoms with Crippen LogP contribution in [0.25, 0.3) is 0 Å². The van der Waals surface area contributed by atoms with Crippen LogP contribution < -0.4 is 16.0 Å². The molecule has 1 aromatic heterocycles. The third-order valence-electron chi connectivity index (χ3n) is 4.32. The molecule has 0 unspecified atom stereocenters. The summed E-state index contributed by atoms with van der Waals surface area (Å²) in [6.07, 6.45) is 1.54. The van der Waals surface area contributed by atoms with Crippen LogP contribution in [-0.4, -0.2) is 23.3 Å². The summed E-state index contributed by atoms with van der Waals surface area (Å²) in [4.78, 5) is 37.5. The SMILES string of the molecule is CC(C)(C)NC(=O)c1ccc(C(=O)Nc2ccccc2C(=O)NCc2ccco2)cc1. The minimum Gasteiger partial charge on any atom is -0.467 e. The lowest BCUT2D eigenvalue weighted by molar-refractivity contribution is 0.0916. The summed E-state index contributed by atoms with van der Waals surface area (Å²) in [6.45, 7) is 5.94. The number of benzene rings is 2. The molecule has 0 fully saturated rings. The number of nitrogens with one attached hydrogen (secondary N) is 3. The molecule has 3 rings (SSSR count). The predicted molar refractivity (Wildman–Crippen MR) is 118 cm³/mol. The molecule has 3 N–H and O–H groups in total. The molecule has 3 aromatic rings. The molecule has 1 heterocycles. The zero-order valence-electron chi connectivity index (χ0n) is 17.7. The topological polar surface area (TPSA) is 100 Å². The lowest BCUT2D eigenvalue weighted by Gasteiger charge is -2.20. The summed E-state index contributed by atoms with van der Waals surface area (Å²) in [5.74, 6) is -0.293. The van der Waals surface area contributed by atoms with Crippen molar-refractivity contribution in [1.82, 2.24) is 10.6 Å². The first-order valence-electron chi connectivity index (χ1n) is 9.86. The molecule has 0 saturated heterocycles. The van der Waals surface area contributed by atoms with Crippen LogP contribution in [0.15, 0.2) is 71.3 Å². The molecule has 7 nitrogen and oxygen atoms in total. The molecule has 160 valence electrons. The lowest BCUT2D eigenvalue weighted by atomic mass is 10.1. The lowest BCUT2D eigenvalue weighted by Crippen LogP contribution is -2.40. The minimum absolute atomic E-state index is 0.210. The minimum atomic E-state index is -0.380. The average Bonchev–Trinajstić information content (AvgIpc) is 3.25. The summed E-state index contributed by atoms with van der Waals surface area (Å²) >= 11 is 0. The third-order valence-corrected chi connectivity index (χ3v) is 4.32. The van der Waals surface area contributed by atoms with Crippen molar-refractivity contribution in [3.05, 3.63) is 89.4 Å². The maximum absolute atomic E-state index is 12.7. The van der Waals surface area contributed by atoms with E-state index in [-0.39, 0.29) is 29.8 Å². The second-order valence-electron chi connectivity index (χ2n) is 8.04. The largest absolute Gasteiger partial charge is 0.467 e. The van der Waals surface area contributed by atoms with Gasteiger partial charge < -0.3 is 20.4 Å². The molecule has 31 heavy (non-hydrogen) atoms. The molecule has 0 aliphatic heterocycles. The fourth-order valence-electron chi connectivity index (χ4n) is 2.85. The molecule has 2 aromatic carbocycles. The number of furan rings is 1. The summed E-state index contributed by atoms with van der Waals surface area (Å²) in [7, 11) is 0. The Kier molecular flexibility index (Phi) is 6.55. The van der Waals surface area contributed by atoms with Gasteiger partial charge in [0.25, 0.3) is 17.7 Å². The monoisotopic (exact) mass is 419 g/mol. The van der Waals surface area contributed by atoms with Crippen LogP contribution in [0.2, 0.25) is 0 Å². The third kappa shape index (κ3) is 6.05. The number of hydrogen-bond acceptors (Lipinski definition) is 4. The zero-order chi connectivity index (χ0) is 22.4. The molecule has 0 aliphatic rings. The van der Waals surface area contributed by atoms with E-state index in [1.165, 1.54) is 6.26 Å². The summed E-state index contributed by atoms with van der Waals surface area (Å²) < 4.78 is 5.21.